The minimum atomic E-state index is -0.284. The number of aromatic hydroxyl groups is 1. The molecule has 15 heavy (non-hydrogen) atoms. The van der Waals surface area contributed by atoms with Gasteiger partial charge in [-0.2, -0.15) is 0 Å². The van der Waals surface area contributed by atoms with Gasteiger partial charge in [0.2, 0.25) is 0 Å². The zero-order valence-corrected chi connectivity index (χ0v) is 8.70. The summed E-state index contributed by atoms with van der Waals surface area (Å²) in [5.41, 5.74) is 1.80. The Balaban J connectivity index is 2.92. The number of hydrogen-bond donors (Lipinski definition) is 1. The molecular formula is C12H12O3. The fraction of sp³-hybridized carbons (Fsp3) is 0.250. The third-order valence-electron chi connectivity index (χ3n) is 2.62. The van der Waals surface area contributed by atoms with Gasteiger partial charge < -0.3 is 9.52 Å². The molecule has 2 aromatic rings. The molecular weight excluding hydrogens is 192 g/mol. The lowest BCUT2D eigenvalue weighted by Gasteiger charge is -2.05. The van der Waals surface area contributed by atoms with Crippen molar-refractivity contribution in [3.05, 3.63) is 39.7 Å². The number of aryl methyl sites for hydroxylation is 1. The highest BCUT2D eigenvalue weighted by Crippen LogP contribution is 2.23. The quantitative estimate of drug-likeness (QED) is 0.725. The molecule has 1 N–H and O–H groups in total. The van der Waals surface area contributed by atoms with Crippen molar-refractivity contribution in [1.82, 2.24) is 0 Å². The first-order valence-corrected chi connectivity index (χ1v) is 4.88. The van der Waals surface area contributed by atoms with Gasteiger partial charge in [-0.3, -0.25) is 0 Å². The summed E-state index contributed by atoms with van der Waals surface area (Å²) in [5.74, 6) is 0.182. The Morgan fingerprint density at radius 1 is 1.40 bits per heavy atom. The van der Waals surface area contributed by atoms with Gasteiger partial charge in [0.15, 0.2) is 0 Å². The molecule has 1 aromatic carbocycles. The van der Waals surface area contributed by atoms with E-state index in [2.05, 4.69) is 0 Å². The van der Waals surface area contributed by atoms with Crippen LogP contribution < -0.4 is 5.63 Å². The average molecular weight is 204 g/mol. The van der Waals surface area contributed by atoms with Crippen LogP contribution in [0.3, 0.4) is 0 Å². The van der Waals surface area contributed by atoms with Crippen LogP contribution in [0.15, 0.2) is 27.4 Å². The molecule has 0 saturated heterocycles. The SMILES string of the molecule is CCc1c(C)c2cc(O)ccc2oc1=O. The highest BCUT2D eigenvalue weighted by molar-refractivity contribution is 5.82. The zero-order valence-electron chi connectivity index (χ0n) is 8.70. The Bertz CT molecular complexity index is 567. The van der Waals surface area contributed by atoms with Gasteiger partial charge in [0.25, 0.3) is 0 Å². The molecule has 0 amide bonds. The van der Waals surface area contributed by atoms with E-state index in [4.69, 9.17) is 4.42 Å². The first-order valence-electron chi connectivity index (χ1n) is 4.88. The van der Waals surface area contributed by atoms with E-state index in [1.165, 1.54) is 6.07 Å². The van der Waals surface area contributed by atoms with Crippen molar-refractivity contribution >= 4 is 11.0 Å². The molecule has 0 aliphatic rings. The van der Waals surface area contributed by atoms with E-state index in [0.717, 1.165) is 10.9 Å². The Labute approximate surface area is 87.0 Å². The van der Waals surface area contributed by atoms with E-state index in [1.807, 2.05) is 13.8 Å². The molecule has 78 valence electrons. The largest absolute Gasteiger partial charge is 0.508 e. The molecule has 0 atom stereocenters. The molecule has 0 unspecified atom stereocenters. The molecule has 1 aromatic heterocycles. The predicted molar refractivity (Wildman–Crippen MR) is 58.3 cm³/mol. The van der Waals surface area contributed by atoms with Crippen molar-refractivity contribution in [3.8, 4) is 5.75 Å². The molecule has 0 spiro atoms. The molecule has 0 radical (unpaired) electrons. The number of hydrogen-bond acceptors (Lipinski definition) is 3. The predicted octanol–water partition coefficient (Wildman–Crippen LogP) is 2.37. The Hall–Kier alpha value is -1.77. The van der Waals surface area contributed by atoms with Crippen molar-refractivity contribution < 1.29 is 9.52 Å². The molecule has 0 aliphatic carbocycles. The number of fused-ring (bicyclic) bond motifs is 1. The molecule has 0 aliphatic heterocycles. The van der Waals surface area contributed by atoms with Crippen molar-refractivity contribution in [2.75, 3.05) is 0 Å². The van der Waals surface area contributed by atoms with E-state index in [-0.39, 0.29) is 11.4 Å². The van der Waals surface area contributed by atoms with Crippen molar-refractivity contribution in [2.45, 2.75) is 20.3 Å². The summed E-state index contributed by atoms with van der Waals surface area (Å²) in [5, 5.41) is 10.2. The minimum absolute atomic E-state index is 0.182. The Morgan fingerprint density at radius 3 is 2.80 bits per heavy atom. The number of benzene rings is 1. The first-order chi connectivity index (χ1) is 7.13. The van der Waals surface area contributed by atoms with Crippen LogP contribution in [-0.2, 0) is 6.42 Å². The van der Waals surface area contributed by atoms with Crippen LogP contribution >= 0.6 is 0 Å². The van der Waals surface area contributed by atoms with Gasteiger partial charge in [0, 0.05) is 10.9 Å². The standard InChI is InChI=1S/C12H12O3/c1-3-9-7(2)10-6-8(13)4-5-11(10)15-12(9)14/h4-6,13H,3H2,1-2H3. The van der Waals surface area contributed by atoms with Crippen molar-refractivity contribution in [1.29, 1.82) is 0 Å². The fourth-order valence-electron chi connectivity index (χ4n) is 1.79. The number of phenolic OH excluding ortho intramolecular Hbond substituents is 1. The monoisotopic (exact) mass is 204 g/mol. The van der Waals surface area contributed by atoms with Crippen LogP contribution in [0.1, 0.15) is 18.1 Å². The van der Waals surface area contributed by atoms with Gasteiger partial charge in [0.1, 0.15) is 11.3 Å². The van der Waals surface area contributed by atoms with Crippen molar-refractivity contribution in [3.63, 3.8) is 0 Å². The second-order valence-corrected chi connectivity index (χ2v) is 3.53. The van der Waals surface area contributed by atoms with E-state index in [9.17, 15) is 9.90 Å². The van der Waals surface area contributed by atoms with Crippen LogP contribution in [0.2, 0.25) is 0 Å². The smallest absolute Gasteiger partial charge is 0.339 e. The maximum atomic E-state index is 11.5. The van der Waals surface area contributed by atoms with Crippen molar-refractivity contribution in [2.24, 2.45) is 0 Å². The van der Waals surface area contributed by atoms with Crippen LogP contribution in [0.5, 0.6) is 5.75 Å². The summed E-state index contributed by atoms with van der Waals surface area (Å²) in [7, 11) is 0. The van der Waals surface area contributed by atoms with E-state index >= 15 is 0 Å². The highest BCUT2D eigenvalue weighted by Gasteiger charge is 2.09. The maximum absolute atomic E-state index is 11.5. The van der Waals surface area contributed by atoms with Gasteiger partial charge in [-0.05, 0) is 37.1 Å². The molecule has 0 fully saturated rings. The zero-order chi connectivity index (χ0) is 11.0. The topological polar surface area (TPSA) is 50.4 Å². The molecule has 3 heteroatoms. The number of phenols is 1. The number of rotatable bonds is 1. The summed E-state index contributed by atoms with van der Waals surface area (Å²) >= 11 is 0. The summed E-state index contributed by atoms with van der Waals surface area (Å²) in [6.07, 6.45) is 0.639. The van der Waals surface area contributed by atoms with E-state index in [0.29, 0.717) is 17.6 Å². The first kappa shape index (κ1) is 9.77. The van der Waals surface area contributed by atoms with Gasteiger partial charge in [-0.25, -0.2) is 4.79 Å². The Kier molecular flexibility index (Phi) is 2.23. The lowest BCUT2D eigenvalue weighted by atomic mass is 10.0. The second kappa shape index (κ2) is 3.42. The molecule has 2 rings (SSSR count). The Morgan fingerprint density at radius 2 is 2.13 bits per heavy atom. The maximum Gasteiger partial charge on any atom is 0.339 e. The summed E-state index contributed by atoms with van der Waals surface area (Å²) in [4.78, 5) is 11.5. The van der Waals surface area contributed by atoms with E-state index in [1.54, 1.807) is 12.1 Å². The van der Waals surface area contributed by atoms with Gasteiger partial charge >= 0.3 is 5.63 Å². The summed E-state index contributed by atoms with van der Waals surface area (Å²) in [6, 6.07) is 4.74. The third-order valence-corrected chi connectivity index (χ3v) is 2.62. The fourth-order valence-corrected chi connectivity index (χ4v) is 1.79. The highest BCUT2D eigenvalue weighted by atomic mass is 16.4. The van der Waals surface area contributed by atoms with Crippen LogP contribution in [-0.4, -0.2) is 5.11 Å². The second-order valence-electron chi connectivity index (χ2n) is 3.53. The molecule has 0 saturated carbocycles. The molecule has 1 heterocycles. The van der Waals surface area contributed by atoms with Crippen LogP contribution in [0.4, 0.5) is 0 Å². The summed E-state index contributed by atoms with van der Waals surface area (Å²) in [6.45, 7) is 3.78. The molecule has 0 bridgehead atoms. The average Bonchev–Trinajstić information content (AvgIpc) is 2.20. The summed E-state index contributed by atoms with van der Waals surface area (Å²) < 4.78 is 5.15. The molecule has 3 nitrogen and oxygen atoms in total. The third kappa shape index (κ3) is 1.50. The van der Waals surface area contributed by atoms with Crippen LogP contribution in [0, 0.1) is 6.92 Å². The van der Waals surface area contributed by atoms with Gasteiger partial charge in [-0.15, -0.1) is 0 Å². The van der Waals surface area contributed by atoms with Crippen LogP contribution in [0.25, 0.3) is 11.0 Å². The lowest BCUT2D eigenvalue weighted by Crippen LogP contribution is -2.08. The van der Waals surface area contributed by atoms with E-state index < -0.39 is 0 Å². The van der Waals surface area contributed by atoms with Gasteiger partial charge in [0.05, 0.1) is 0 Å². The van der Waals surface area contributed by atoms with Gasteiger partial charge in [-0.1, -0.05) is 6.92 Å². The lowest BCUT2D eigenvalue weighted by molar-refractivity contribution is 0.475. The minimum Gasteiger partial charge on any atom is -0.508 e. The normalized spacial score (nSPS) is 10.8.